The lowest BCUT2D eigenvalue weighted by Gasteiger charge is -2.19. The zero-order valence-corrected chi connectivity index (χ0v) is 13.7. The number of ketones is 1. The zero-order valence-electron chi connectivity index (χ0n) is 13.7. The molecule has 23 heavy (non-hydrogen) atoms. The minimum absolute atomic E-state index is 0.146. The minimum atomic E-state index is -0.146. The summed E-state index contributed by atoms with van der Waals surface area (Å²) in [6, 6.07) is 11.3. The number of hydrogen-bond acceptors (Lipinski definition) is 5. The van der Waals surface area contributed by atoms with Gasteiger partial charge in [-0.05, 0) is 18.6 Å². The first kappa shape index (κ1) is 16.7. The molecule has 0 aromatic heterocycles. The number of carbonyl (C=O) groups excluding carboxylic acids is 1. The van der Waals surface area contributed by atoms with Gasteiger partial charge in [-0.15, -0.1) is 0 Å². The van der Waals surface area contributed by atoms with E-state index in [1.165, 1.54) is 28.3 Å². The summed E-state index contributed by atoms with van der Waals surface area (Å²) in [6.45, 7) is 1.78. The molecule has 2 rings (SSSR count). The predicted molar refractivity (Wildman–Crippen MR) is 86.9 cm³/mol. The Kier molecular flexibility index (Phi) is 5.46. The van der Waals surface area contributed by atoms with Gasteiger partial charge in [0.25, 0.3) is 0 Å². The van der Waals surface area contributed by atoms with Crippen LogP contribution in [0.15, 0.2) is 36.4 Å². The van der Waals surface area contributed by atoms with Gasteiger partial charge in [-0.2, -0.15) is 0 Å². The standard InChI is InChI=1S/C18H20O5/c1-12(19)14-10-15(20-2)17(21-3)18(22-4)16(14)23-11-13-8-6-5-7-9-13/h5-10H,11H2,1-4H3. The van der Waals surface area contributed by atoms with Gasteiger partial charge in [0.05, 0.1) is 26.9 Å². The van der Waals surface area contributed by atoms with Crippen molar-refractivity contribution in [3.05, 3.63) is 47.5 Å². The van der Waals surface area contributed by atoms with Gasteiger partial charge in [0.2, 0.25) is 11.5 Å². The summed E-state index contributed by atoms with van der Waals surface area (Å²) < 4.78 is 21.9. The van der Waals surface area contributed by atoms with Crippen LogP contribution in [0.2, 0.25) is 0 Å². The molecule has 0 spiro atoms. The second-order valence-corrected chi connectivity index (χ2v) is 4.85. The molecule has 2 aromatic rings. The van der Waals surface area contributed by atoms with Gasteiger partial charge >= 0.3 is 0 Å². The van der Waals surface area contributed by atoms with Crippen molar-refractivity contribution >= 4 is 5.78 Å². The average Bonchev–Trinajstić information content (AvgIpc) is 2.58. The number of ether oxygens (including phenoxy) is 4. The maximum atomic E-state index is 12.0. The van der Waals surface area contributed by atoms with Crippen molar-refractivity contribution in [1.29, 1.82) is 0 Å². The number of hydrogen-bond donors (Lipinski definition) is 0. The third-order valence-electron chi connectivity index (χ3n) is 3.39. The lowest BCUT2D eigenvalue weighted by molar-refractivity contribution is 0.101. The highest BCUT2D eigenvalue weighted by Gasteiger charge is 2.24. The van der Waals surface area contributed by atoms with E-state index in [2.05, 4.69) is 0 Å². The first-order chi connectivity index (χ1) is 11.1. The largest absolute Gasteiger partial charge is 0.493 e. The first-order valence-corrected chi connectivity index (χ1v) is 7.13. The lowest BCUT2D eigenvalue weighted by atomic mass is 10.1. The molecule has 2 aromatic carbocycles. The molecule has 0 heterocycles. The molecule has 0 saturated heterocycles. The van der Waals surface area contributed by atoms with Crippen LogP contribution >= 0.6 is 0 Å². The second kappa shape index (κ2) is 7.54. The smallest absolute Gasteiger partial charge is 0.208 e. The van der Waals surface area contributed by atoms with E-state index in [0.717, 1.165) is 5.56 Å². The maximum Gasteiger partial charge on any atom is 0.208 e. The van der Waals surface area contributed by atoms with Gasteiger partial charge in [-0.25, -0.2) is 0 Å². The number of benzene rings is 2. The minimum Gasteiger partial charge on any atom is -0.493 e. The third-order valence-corrected chi connectivity index (χ3v) is 3.39. The van der Waals surface area contributed by atoms with Gasteiger partial charge in [0.1, 0.15) is 6.61 Å². The summed E-state index contributed by atoms with van der Waals surface area (Å²) in [4.78, 5) is 12.0. The van der Waals surface area contributed by atoms with E-state index in [1.807, 2.05) is 30.3 Å². The average molecular weight is 316 g/mol. The van der Waals surface area contributed by atoms with Crippen molar-refractivity contribution in [2.24, 2.45) is 0 Å². The van der Waals surface area contributed by atoms with Crippen LogP contribution in [0, 0.1) is 0 Å². The predicted octanol–water partition coefficient (Wildman–Crippen LogP) is 3.49. The van der Waals surface area contributed by atoms with Crippen LogP contribution in [0.3, 0.4) is 0 Å². The zero-order chi connectivity index (χ0) is 16.8. The number of rotatable bonds is 7. The molecule has 0 N–H and O–H groups in total. The maximum absolute atomic E-state index is 12.0. The van der Waals surface area contributed by atoms with Crippen LogP contribution in [0.5, 0.6) is 23.0 Å². The van der Waals surface area contributed by atoms with Crippen LogP contribution in [0.25, 0.3) is 0 Å². The van der Waals surface area contributed by atoms with E-state index in [4.69, 9.17) is 18.9 Å². The van der Waals surface area contributed by atoms with Crippen molar-refractivity contribution in [3.8, 4) is 23.0 Å². The quantitative estimate of drug-likeness (QED) is 0.732. The normalized spacial score (nSPS) is 10.1. The van der Waals surface area contributed by atoms with Crippen molar-refractivity contribution in [2.75, 3.05) is 21.3 Å². The molecule has 0 saturated carbocycles. The van der Waals surface area contributed by atoms with Crippen LogP contribution in [-0.4, -0.2) is 27.1 Å². The van der Waals surface area contributed by atoms with Crippen LogP contribution in [-0.2, 0) is 6.61 Å². The molecule has 122 valence electrons. The summed E-state index contributed by atoms with van der Waals surface area (Å²) in [5.74, 6) is 1.35. The van der Waals surface area contributed by atoms with E-state index in [1.54, 1.807) is 6.07 Å². The molecule has 5 nitrogen and oxygen atoms in total. The molecule has 0 radical (unpaired) electrons. The molecule has 0 bridgehead atoms. The van der Waals surface area contributed by atoms with Crippen LogP contribution in [0.4, 0.5) is 0 Å². The van der Waals surface area contributed by atoms with E-state index in [9.17, 15) is 4.79 Å². The molecule has 5 heteroatoms. The van der Waals surface area contributed by atoms with Crippen molar-refractivity contribution < 1.29 is 23.7 Å². The molecular formula is C18H20O5. The third kappa shape index (κ3) is 3.56. The fourth-order valence-corrected chi connectivity index (χ4v) is 2.26. The van der Waals surface area contributed by atoms with Crippen LogP contribution in [0.1, 0.15) is 22.8 Å². The number of methoxy groups -OCH3 is 3. The Morgan fingerprint density at radius 3 is 2.09 bits per heavy atom. The van der Waals surface area contributed by atoms with Gasteiger partial charge < -0.3 is 18.9 Å². The summed E-state index contributed by atoms with van der Waals surface area (Å²) in [7, 11) is 4.51. The Labute approximate surface area is 135 Å². The molecule has 0 amide bonds. The highest BCUT2D eigenvalue weighted by Crippen LogP contribution is 2.47. The Hall–Kier alpha value is -2.69. The molecule has 0 atom stereocenters. The molecule has 0 aliphatic carbocycles. The van der Waals surface area contributed by atoms with Crippen LogP contribution < -0.4 is 18.9 Å². The molecular weight excluding hydrogens is 296 g/mol. The molecule has 0 aliphatic heterocycles. The highest BCUT2D eigenvalue weighted by molar-refractivity contribution is 5.99. The van der Waals surface area contributed by atoms with Gasteiger partial charge in [-0.1, -0.05) is 30.3 Å². The summed E-state index contributed by atoms with van der Waals surface area (Å²) in [6.07, 6.45) is 0. The monoisotopic (exact) mass is 316 g/mol. The SMILES string of the molecule is COc1cc(C(C)=O)c(OCc2ccccc2)c(OC)c1OC. The van der Waals surface area contributed by atoms with E-state index < -0.39 is 0 Å². The Balaban J connectivity index is 2.48. The second-order valence-electron chi connectivity index (χ2n) is 4.85. The fraction of sp³-hybridized carbons (Fsp3) is 0.278. The van der Waals surface area contributed by atoms with Gasteiger partial charge in [0.15, 0.2) is 17.3 Å². The Morgan fingerprint density at radius 2 is 1.57 bits per heavy atom. The lowest BCUT2D eigenvalue weighted by Crippen LogP contribution is -2.06. The molecule has 0 fully saturated rings. The van der Waals surface area contributed by atoms with E-state index in [0.29, 0.717) is 35.2 Å². The topological polar surface area (TPSA) is 54.0 Å². The van der Waals surface area contributed by atoms with Crippen molar-refractivity contribution in [3.63, 3.8) is 0 Å². The van der Waals surface area contributed by atoms with E-state index >= 15 is 0 Å². The van der Waals surface area contributed by atoms with E-state index in [-0.39, 0.29) is 5.78 Å². The molecule has 0 aliphatic rings. The van der Waals surface area contributed by atoms with Crippen molar-refractivity contribution in [2.45, 2.75) is 13.5 Å². The summed E-state index contributed by atoms with van der Waals surface area (Å²) in [5, 5.41) is 0. The Morgan fingerprint density at radius 1 is 0.913 bits per heavy atom. The number of Topliss-reactive ketones (excluding diaryl/α,β-unsaturated/α-hetero) is 1. The summed E-state index contributed by atoms with van der Waals surface area (Å²) >= 11 is 0. The molecule has 0 unspecified atom stereocenters. The first-order valence-electron chi connectivity index (χ1n) is 7.13. The fourth-order valence-electron chi connectivity index (χ4n) is 2.26. The summed E-state index contributed by atoms with van der Waals surface area (Å²) in [5.41, 5.74) is 1.37. The van der Waals surface area contributed by atoms with Crippen molar-refractivity contribution in [1.82, 2.24) is 0 Å². The number of carbonyl (C=O) groups is 1. The van der Waals surface area contributed by atoms with Gasteiger partial charge in [0, 0.05) is 0 Å². The Bertz CT molecular complexity index is 680. The highest BCUT2D eigenvalue weighted by atomic mass is 16.5. The van der Waals surface area contributed by atoms with Gasteiger partial charge in [-0.3, -0.25) is 4.79 Å².